The molecule has 1 unspecified atom stereocenters. The summed E-state index contributed by atoms with van der Waals surface area (Å²) in [5.41, 5.74) is 4.21. The van der Waals surface area contributed by atoms with Gasteiger partial charge in [0.05, 0.1) is 24.7 Å². The van der Waals surface area contributed by atoms with Gasteiger partial charge in [0.15, 0.2) is 11.9 Å². The van der Waals surface area contributed by atoms with Crippen molar-refractivity contribution in [2.45, 2.75) is 43.5 Å². The Kier molecular flexibility index (Phi) is 6.27. The van der Waals surface area contributed by atoms with Gasteiger partial charge in [-0.15, -0.1) is 0 Å². The summed E-state index contributed by atoms with van der Waals surface area (Å²) >= 11 is 6.24. The standard InChI is InChI=1S/C21H24ClN4O8P/c1-21(29)16(27)15(33-19(21)26-8-6-12-17(26)24-20(23)25-18(12)28)10-32-35(30)31-9-7-14(34-35)11-4-2-3-5-13(11)22/h2-6,8,14-16,19,27,29H,7,9-10H2,1H3,(H3,23,24,25,28)/t14-,15+,16+,19+,21+,35?/m0/s1. The van der Waals surface area contributed by atoms with Crippen molar-refractivity contribution in [2.75, 3.05) is 18.9 Å². The Bertz CT molecular complexity index is 1360. The van der Waals surface area contributed by atoms with Crippen molar-refractivity contribution in [2.24, 2.45) is 0 Å². The zero-order valence-corrected chi connectivity index (χ0v) is 20.2. The summed E-state index contributed by atoms with van der Waals surface area (Å²) in [5.74, 6) is -0.113. The number of anilines is 1. The van der Waals surface area contributed by atoms with Gasteiger partial charge in [-0.1, -0.05) is 29.8 Å². The average molecular weight is 527 g/mol. The molecular weight excluding hydrogens is 503 g/mol. The monoisotopic (exact) mass is 526 g/mol. The first kappa shape index (κ1) is 24.4. The van der Waals surface area contributed by atoms with Crippen LogP contribution in [0.3, 0.4) is 0 Å². The predicted octanol–water partition coefficient (Wildman–Crippen LogP) is 2.27. The van der Waals surface area contributed by atoms with Crippen LogP contribution in [0.1, 0.15) is 31.2 Å². The van der Waals surface area contributed by atoms with Crippen molar-refractivity contribution >= 4 is 36.4 Å². The number of phosphoric acid groups is 1. The normalized spacial score (nSPS) is 33.4. The van der Waals surface area contributed by atoms with Crippen LogP contribution < -0.4 is 11.3 Å². The number of nitrogens with zero attached hydrogens (tertiary/aromatic N) is 2. The van der Waals surface area contributed by atoms with E-state index in [0.717, 1.165) is 0 Å². The maximum absolute atomic E-state index is 13.1. The second-order valence-corrected chi connectivity index (χ2v) is 10.6. The van der Waals surface area contributed by atoms with E-state index in [1.165, 1.54) is 23.8 Å². The highest BCUT2D eigenvalue weighted by Crippen LogP contribution is 2.58. The zero-order chi connectivity index (χ0) is 25.0. The third-order valence-corrected chi connectivity index (χ3v) is 7.96. The van der Waals surface area contributed by atoms with Crippen LogP contribution in [0.25, 0.3) is 11.0 Å². The van der Waals surface area contributed by atoms with Gasteiger partial charge in [-0.2, -0.15) is 4.98 Å². The molecule has 2 fully saturated rings. The number of benzene rings is 1. The second kappa shape index (κ2) is 8.99. The Morgan fingerprint density at radius 2 is 2.17 bits per heavy atom. The lowest BCUT2D eigenvalue weighted by atomic mass is 9.96. The SMILES string of the molecule is C[C@@]1(O)[C@H](O)[C@@H](COP2(=O)OCC[C@@H](c3ccccc3Cl)O2)O[C@H]1n1ccc2c(=O)[nH]c(N)nc21. The van der Waals surface area contributed by atoms with E-state index in [0.29, 0.717) is 17.0 Å². The number of aliphatic hydroxyl groups is 2. The summed E-state index contributed by atoms with van der Waals surface area (Å²) < 4.78 is 36.8. The number of halogens is 1. The smallest absolute Gasteiger partial charge is 0.387 e. The lowest BCUT2D eigenvalue weighted by Crippen LogP contribution is -2.44. The summed E-state index contributed by atoms with van der Waals surface area (Å²) in [4.78, 5) is 18.7. The van der Waals surface area contributed by atoms with Crippen molar-refractivity contribution in [1.82, 2.24) is 14.5 Å². The first-order valence-electron chi connectivity index (χ1n) is 10.8. The van der Waals surface area contributed by atoms with E-state index in [4.69, 9.17) is 35.6 Å². The summed E-state index contributed by atoms with van der Waals surface area (Å²) in [6.45, 7) is 1.07. The minimum Gasteiger partial charge on any atom is -0.387 e. The average Bonchev–Trinajstić information content (AvgIpc) is 3.31. The van der Waals surface area contributed by atoms with Gasteiger partial charge < -0.3 is 25.3 Å². The lowest BCUT2D eigenvalue weighted by Gasteiger charge is -2.30. The van der Waals surface area contributed by atoms with Crippen LogP contribution in [0.5, 0.6) is 0 Å². The number of phosphoric ester groups is 1. The molecule has 5 rings (SSSR count). The molecular formula is C21H24ClN4O8P. The third-order valence-electron chi connectivity index (χ3n) is 6.14. The molecule has 6 atom stereocenters. The van der Waals surface area contributed by atoms with Crippen molar-refractivity contribution in [3.63, 3.8) is 0 Å². The van der Waals surface area contributed by atoms with Crippen LogP contribution in [0.15, 0.2) is 41.3 Å². The van der Waals surface area contributed by atoms with Crippen molar-refractivity contribution in [3.8, 4) is 0 Å². The number of nitrogens with two attached hydrogens (primary N) is 1. The first-order chi connectivity index (χ1) is 16.6. The molecule has 0 spiro atoms. The fraction of sp³-hybridized carbons (Fsp3) is 0.429. The van der Waals surface area contributed by atoms with E-state index in [-0.39, 0.29) is 23.6 Å². The van der Waals surface area contributed by atoms with Gasteiger partial charge in [-0.05, 0) is 19.1 Å². The maximum atomic E-state index is 13.1. The van der Waals surface area contributed by atoms with E-state index < -0.39 is 50.1 Å². The number of aliphatic hydroxyl groups excluding tert-OH is 1. The van der Waals surface area contributed by atoms with Gasteiger partial charge in [-0.3, -0.25) is 23.3 Å². The molecule has 1 aromatic carbocycles. The highest BCUT2D eigenvalue weighted by Gasteiger charge is 2.54. The maximum Gasteiger partial charge on any atom is 0.475 e. The van der Waals surface area contributed by atoms with Gasteiger partial charge in [0, 0.05) is 23.2 Å². The number of hydrogen-bond acceptors (Lipinski definition) is 10. The molecule has 2 aliphatic rings. The highest BCUT2D eigenvalue weighted by molar-refractivity contribution is 7.48. The number of nitrogen functional groups attached to an aromatic ring is 1. The molecule has 0 amide bonds. The molecule has 0 bridgehead atoms. The molecule has 0 radical (unpaired) electrons. The van der Waals surface area contributed by atoms with Crippen LogP contribution in [0.2, 0.25) is 5.02 Å². The second-order valence-electron chi connectivity index (χ2n) is 8.59. The van der Waals surface area contributed by atoms with Gasteiger partial charge in [-0.25, -0.2) is 4.57 Å². The minimum atomic E-state index is -4.02. The van der Waals surface area contributed by atoms with Gasteiger partial charge in [0.2, 0.25) is 5.95 Å². The number of aromatic amines is 1. The number of H-pyrrole nitrogens is 1. The zero-order valence-electron chi connectivity index (χ0n) is 18.5. The summed E-state index contributed by atoms with van der Waals surface area (Å²) in [7, 11) is -4.02. The lowest BCUT2D eigenvalue weighted by molar-refractivity contribution is -0.0950. The Labute approximate surface area is 204 Å². The van der Waals surface area contributed by atoms with Crippen molar-refractivity contribution in [1.29, 1.82) is 0 Å². The number of ether oxygens (including phenoxy) is 1. The fourth-order valence-electron chi connectivity index (χ4n) is 4.32. The van der Waals surface area contributed by atoms with Gasteiger partial charge >= 0.3 is 7.82 Å². The molecule has 2 aromatic heterocycles. The molecule has 12 nitrogen and oxygen atoms in total. The van der Waals surface area contributed by atoms with Gasteiger partial charge in [0.25, 0.3) is 5.56 Å². The number of nitrogens with one attached hydrogen (secondary N) is 1. The summed E-state index contributed by atoms with van der Waals surface area (Å²) in [6, 6.07) is 8.52. The molecule has 4 heterocycles. The Hall–Kier alpha value is -2.28. The Morgan fingerprint density at radius 3 is 2.94 bits per heavy atom. The number of hydrogen-bond donors (Lipinski definition) is 4. The van der Waals surface area contributed by atoms with E-state index in [1.807, 2.05) is 0 Å². The molecule has 0 saturated carbocycles. The van der Waals surface area contributed by atoms with Crippen LogP contribution in [-0.4, -0.2) is 55.8 Å². The molecule has 14 heteroatoms. The molecule has 188 valence electrons. The van der Waals surface area contributed by atoms with Crippen molar-refractivity contribution in [3.05, 3.63) is 57.5 Å². The Morgan fingerprint density at radius 1 is 1.40 bits per heavy atom. The number of fused-ring (bicyclic) bond motifs is 1. The van der Waals surface area contributed by atoms with E-state index in [9.17, 15) is 19.6 Å². The van der Waals surface area contributed by atoms with Gasteiger partial charge in [0.1, 0.15) is 17.8 Å². The number of rotatable bonds is 5. The van der Waals surface area contributed by atoms with E-state index in [1.54, 1.807) is 24.3 Å². The molecule has 35 heavy (non-hydrogen) atoms. The van der Waals surface area contributed by atoms with Crippen molar-refractivity contribution < 1.29 is 33.1 Å². The largest absolute Gasteiger partial charge is 0.475 e. The molecule has 3 aromatic rings. The molecule has 0 aliphatic carbocycles. The van der Waals surface area contributed by atoms with Crippen LogP contribution in [0, 0.1) is 0 Å². The number of aromatic nitrogens is 3. The topological polar surface area (TPSA) is 171 Å². The van der Waals surface area contributed by atoms with Crippen LogP contribution in [0.4, 0.5) is 5.95 Å². The first-order valence-corrected chi connectivity index (χ1v) is 12.7. The van der Waals surface area contributed by atoms with E-state index in [2.05, 4.69) is 9.97 Å². The predicted molar refractivity (Wildman–Crippen MR) is 125 cm³/mol. The molecule has 5 N–H and O–H groups in total. The molecule has 2 saturated heterocycles. The fourth-order valence-corrected chi connectivity index (χ4v) is 5.96. The van der Waals surface area contributed by atoms with E-state index >= 15 is 0 Å². The molecule has 2 aliphatic heterocycles. The summed E-state index contributed by atoms with van der Waals surface area (Å²) in [5, 5.41) is 22.5. The van der Waals surface area contributed by atoms with Crippen LogP contribution >= 0.6 is 19.4 Å². The minimum absolute atomic E-state index is 0.110. The van der Waals surface area contributed by atoms with Crippen LogP contribution in [-0.2, 0) is 22.9 Å². The quantitative estimate of drug-likeness (QED) is 0.361. The highest BCUT2D eigenvalue weighted by atomic mass is 35.5. The summed E-state index contributed by atoms with van der Waals surface area (Å²) in [6.07, 6.45) is -2.39. The Balaban J connectivity index is 1.33. The third kappa shape index (κ3) is 4.41.